The maximum absolute atomic E-state index is 13.0. The Morgan fingerprint density at radius 2 is 2.06 bits per heavy atom. The SMILES string of the molecule is Cc1nc(NC(=O)c2cc(F)c(F)cc2Cl)n[nH]1. The average molecular weight is 273 g/mol. The van der Waals surface area contributed by atoms with Crippen molar-refractivity contribution >= 4 is 23.5 Å². The third-order valence-electron chi connectivity index (χ3n) is 2.08. The topological polar surface area (TPSA) is 70.7 Å². The molecule has 0 spiro atoms. The molecule has 0 bridgehead atoms. The molecule has 0 aliphatic carbocycles. The second-order valence-corrected chi connectivity index (χ2v) is 3.85. The summed E-state index contributed by atoms with van der Waals surface area (Å²) in [7, 11) is 0. The van der Waals surface area contributed by atoms with Gasteiger partial charge in [0.25, 0.3) is 5.91 Å². The average Bonchev–Trinajstić information content (AvgIpc) is 2.69. The zero-order valence-corrected chi connectivity index (χ0v) is 9.85. The Labute approximate surface area is 105 Å². The third-order valence-corrected chi connectivity index (χ3v) is 2.39. The van der Waals surface area contributed by atoms with Crippen molar-refractivity contribution in [1.82, 2.24) is 15.2 Å². The minimum Gasteiger partial charge on any atom is -0.289 e. The molecule has 0 saturated heterocycles. The Kier molecular flexibility index (Phi) is 3.24. The highest BCUT2D eigenvalue weighted by molar-refractivity contribution is 6.34. The molecule has 18 heavy (non-hydrogen) atoms. The van der Waals surface area contributed by atoms with E-state index in [0.29, 0.717) is 11.9 Å². The molecule has 2 N–H and O–H groups in total. The van der Waals surface area contributed by atoms with Gasteiger partial charge in [-0.05, 0) is 19.1 Å². The van der Waals surface area contributed by atoms with Gasteiger partial charge in [0.05, 0.1) is 10.6 Å². The van der Waals surface area contributed by atoms with E-state index in [-0.39, 0.29) is 16.5 Å². The minimum absolute atomic E-state index is 0.0262. The van der Waals surface area contributed by atoms with Crippen molar-refractivity contribution in [3.05, 3.63) is 40.2 Å². The number of halogens is 3. The van der Waals surface area contributed by atoms with E-state index < -0.39 is 17.5 Å². The summed E-state index contributed by atoms with van der Waals surface area (Å²) in [4.78, 5) is 15.6. The van der Waals surface area contributed by atoms with E-state index in [1.165, 1.54) is 0 Å². The van der Waals surface area contributed by atoms with E-state index >= 15 is 0 Å². The summed E-state index contributed by atoms with van der Waals surface area (Å²) < 4.78 is 25.8. The zero-order valence-electron chi connectivity index (χ0n) is 9.09. The number of aromatic amines is 1. The molecular formula is C10H7ClF2N4O. The molecule has 0 radical (unpaired) electrons. The fourth-order valence-corrected chi connectivity index (χ4v) is 1.50. The number of rotatable bonds is 2. The van der Waals surface area contributed by atoms with Gasteiger partial charge in [-0.1, -0.05) is 11.6 Å². The molecule has 1 heterocycles. The van der Waals surface area contributed by atoms with Gasteiger partial charge in [-0.2, -0.15) is 4.98 Å². The van der Waals surface area contributed by atoms with Crippen molar-refractivity contribution in [1.29, 1.82) is 0 Å². The van der Waals surface area contributed by atoms with Crippen molar-refractivity contribution in [2.24, 2.45) is 0 Å². The number of carbonyl (C=O) groups is 1. The number of H-pyrrole nitrogens is 1. The van der Waals surface area contributed by atoms with Gasteiger partial charge in [-0.15, -0.1) is 5.10 Å². The predicted octanol–water partition coefficient (Wildman–Crippen LogP) is 2.30. The molecule has 1 amide bonds. The number of aryl methyl sites for hydroxylation is 1. The Bertz CT molecular complexity index is 614. The van der Waals surface area contributed by atoms with Crippen molar-refractivity contribution in [3.63, 3.8) is 0 Å². The van der Waals surface area contributed by atoms with E-state index in [4.69, 9.17) is 11.6 Å². The van der Waals surface area contributed by atoms with Gasteiger partial charge in [-0.3, -0.25) is 15.2 Å². The number of hydrogen-bond donors (Lipinski definition) is 2. The second-order valence-electron chi connectivity index (χ2n) is 3.44. The largest absolute Gasteiger partial charge is 0.289 e. The smallest absolute Gasteiger partial charge is 0.259 e. The Balaban J connectivity index is 2.26. The lowest BCUT2D eigenvalue weighted by Gasteiger charge is -2.04. The summed E-state index contributed by atoms with van der Waals surface area (Å²) >= 11 is 5.65. The number of hydrogen-bond acceptors (Lipinski definition) is 3. The molecule has 0 aliphatic rings. The van der Waals surface area contributed by atoms with Crippen LogP contribution in [0.3, 0.4) is 0 Å². The lowest BCUT2D eigenvalue weighted by molar-refractivity contribution is 0.102. The Morgan fingerprint density at radius 3 is 2.67 bits per heavy atom. The summed E-state index contributed by atoms with van der Waals surface area (Å²) in [5.41, 5.74) is -0.196. The van der Waals surface area contributed by atoms with Gasteiger partial charge in [-0.25, -0.2) is 8.78 Å². The van der Waals surface area contributed by atoms with Crippen LogP contribution in [0.15, 0.2) is 12.1 Å². The number of nitrogens with zero attached hydrogens (tertiary/aromatic N) is 2. The third kappa shape index (κ3) is 2.45. The van der Waals surface area contributed by atoms with Crippen LogP contribution in [0.4, 0.5) is 14.7 Å². The van der Waals surface area contributed by atoms with Gasteiger partial charge < -0.3 is 0 Å². The summed E-state index contributed by atoms with van der Waals surface area (Å²) in [6.45, 7) is 1.65. The van der Waals surface area contributed by atoms with Crippen LogP contribution in [0.25, 0.3) is 0 Å². The predicted molar refractivity (Wildman–Crippen MR) is 60.4 cm³/mol. The molecule has 2 rings (SSSR count). The number of amides is 1. The Hall–Kier alpha value is -2.02. The van der Waals surface area contributed by atoms with Crippen molar-refractivity contribution < 1.29 is 13.6 Å². The van der Waals surface area contributed by atoms with Gasteiger partial charge in [0.2, 0.25) is 5.95 Å². The van der Waals surface area contributed by atoms with Crippen molar-refractivity contribution in [2.75, 3.05) is 5.32 Å². The lowest BCUT2D eigenvalue weighted by Crippen LogP contribution is -2.14. The number of nitrogens with one attached hydrogen (secondary N) is 2. The van der Waals surface area contributed by atoms with Gasteiger partial charge in [0, 0.05) is 0 Å². The molecule has 0 aliphatic heterocycles. The minimum atomic E-state index is -1.16. The molecule has 94 valence electrons. The molecule has 0 saturated carbocycles. The molecule has 2 aromatic rings. The fourth-order valence-electron chi connectivity index (χ4n) is 1.26. The van der Waals surface area contributed by atoms with Crippen molar-refractivity contribution in [3.8, 4) is 0 Å². The van der Waals surface area contributed by atoms with Crippen molar-refractivity contribution in [2.45, 2.75) is 6.92 Å². The van der Waals surface area contributed by atoms with Crippen LogP contribution in [0.1, 0.15) is 16.2 Å². The van der Waals surface area contributed by atoms with Gasteiger partial charge in [0.1, 0.15) is 5.82 Å². The van der Waals surface area contributed by atoms with Crippen LogP contribution in [0.2, 0.25) is 5.02 Å². The molecule has 1 aromatic heterocycles. The summed E-state index contributed by atoms with van der Waals surface area (Å²) in [5, 5.41) is 8.29. The zero-order chi connectivity index (χ0) is 13.3. The highest BCUT2D eigenvalue weighted by Gasteiger charge is 2.16. The van der Waals surface area contributed by atoms with E-state index in [1.54, 1.807) is 6.92 Å². The molecule has 0 unspecified atom stereocenters. The van der Waals surface area contributed by atoms with E-state index in [1.807, 2.05) is 0 Å². The highest BCUT2D eigenvalue weighted by Crippen LogP contribution is 2.20. The van der Waals surface area contributed by atoms with Crippen LogP contribution in [-0.2, 0) is 0 Å². The summed E-state index contributed by atoms with van der Waals surface area (Å²) in [6, 6.07) is 1.45. The molecule has 0 atom stereocenters. The monoisotopic (exact) mass is 272 g/mol. The second kappa shape index (κ2) is 4.69. The first-order valence-electron chi connectivity index (χ1n) is 4.82. The molecular weight excluding hydrogens is 266 g/mol. The maximum Gasteiger partial charge on any atom is 0.259 e. The van der Waals surface area contributed by atoms with Crippen LogP contribution >= 0.6 is 11.6 Å². The maximum atomic E-state index is 13.0. The standard InChI is InChI=1S/C10H7ClF2N4O/c1-4-14-10(17-16-4)15-9(18)5-2-7(12)8(13)3-6(5)11/h2-3H,1H3,(H2,14,15,16,17,18). The molecule has 1 aromatic carbocycles. The first-order chi connectivity index (χ1) is 8.47. The first kappa shape index (κ1) is 12.4. The number of carbonyl (C=O) groups excluding carboxylic acids is 1. The lowest BCUT2D eigenvalue weighted by atomic mass is 10.2. The van der Waals surface area contributed by atoms with E-state index in [2.05, 4.69) is 20.5 Å². The summed E-state index contributed by atoms with van der Waals surface area (Å²) in [5.74, 6) is -2.47. The molecule has 8 heteroatoms. The number of aromatic nitrogens is 3. The quantitative estimate of drug-likeness (QED) is 0.824. The fraction of sp³-hybridized carbons (Fsp3) is 0.100. The van der Waals surface area contributed by atoms with E-state index in [0.717, 1.165) is 6.07 Å². The van der Waals surface area contributed by atoms with Crippen LogP contribution in [0.5, 0.6) is 0 Å². The molecule has 5 nitrogen and oxygen atoms in total. The van der Waals surface area contributed by atoms with Crippen LogP contribution < -0.4 is 5.32 Å². The van der Waals surface area contributed by atoms with Crippen LogP contribution in [-0.4, -0.2) is 21.1 Å². The first-order valence-corrected chi connectivity index (χ1v) is 5.20. The highest BCUT2D eigenvalue weighted by atomic mass is 35.5. The molecule has 0 fully saturated rings. The Morgan fingerprint density at radius 1 is 1.39 bits per heavy atom. The number of anilines is 1. The number of benzene rings is 1. The summed E-state index contributed by atoms with van der Waals surface area (Å²) in [6.07, 6.45) is 0. The van der Waals surface area contributed by atoms with E-state index in [9.17, 15) is 13.6 Å². The normalized spacial score (nSPS) is 10.4. The van der Waals surface area contributed by atoms with Gasteiger partial charge in [0.15, 0.2) is 11.6 Å². The van der Waals surface area contributed by atoms with Gasteiger partial charge >= 0.3 is 0 Å². The van der Waals surface area contributed by atoms with Crippen LogP contribution in [0, 0.1) is 18.6 Å².